The highest BCUT2D eigenvalue weighted by Crippen LogP contribution is 2.10. The maximum Gasteiger partial charge on any atom is 0.338 e. The normalized spacial score (nSPS) is 14.0. The van der Waals surface area contributed by atoms with Gasteiger partial charge >= 0.3 is 12.0 Å². The largest absolute Gasteiger partial charge is 0.452 e. The molecule has 2 N–H and O–H groups in total. The van der Waals surface area contributed by atoms with Crippen LogP contribution in [0.25, 0.3) is 0 Å². The van der Waals surface area contributed by atoms with Gasteiger partial charge in [0.15, 0.2) is 6.61 Å². The van der Waals surface area contributed by atoms with E-state index < -0.39 is 5.97 Å². The fourth-order valence-corrected chi connectivity index (χ4v) is 2.70. The number of likely N-dealkylation sites (tertiary alicyclic amines) is 1. The Morgan fingerprint density at radius 1 is 1.08 bits per heavy atom. The molecule has 1 heterocycles. The number of carbonyl (C=O) groups excluding carboxylic acids is 3. The molecule has 0 unspecified atom stereocenters. The van der Waals surface area contributed by atoms with E-state index in [0.29, 0.717) is 12.1 Å². The summed E-state index contributed by atoms with van der Waals surface area (Å²) in [6, 6.07) is 6.59. The van der Waals surface area contributed by atoms with E-state index in [0.717, 1.165) is 37.9 Å². The third-order valence-electron chi connectivity index (χ3n) is 4.10. The lowest BCUT2D eigenvalue weighted by Gasteiger charge is -2.26. The maximum absolute atomic E-state index is 12.1. The first kappa shape index (κ1) is 19.8. The number of hydrogen-bond acceptors (Lipinski definition) is 4. The molecule has 0 atom stereocenters. The molecular formula is C19H27N3O4. The summed E-state index contributed by atoms with van der Waals surface area (Å²) in [6.45, 7) is 5.38. The molecule has 0 aromatic heterocycles. The molecule has 0 radical (unpaired) electrons. The topological polar surface area (TPSA) is 87.7 Å². The number of ether oxygens (including phenoxy) is 1. The summed E-state index contributed by atoms with van der Waals surface area (Å²) in [5, 5.41) is 5.48. The van der Waals surface area contributed by atoms with Crippen LogP contribution >= 0.6 is 0 Å². The lowest BCUT2D eigenvalue weighted by Crippen LogP contribution is -2.39. The van der Waals surface area contributed by atoms with Crippen LogP contribution in [0.2, 0.25) is 0 Å². The highest BCUT2D eigenvalue weighted by molar-refractivity contribution is 5.91. The zero-order valence-electron chi connectivity index (χ0n) is 15.4. The van der Waals surface area contributed by atoms with Gasteiger partial charge < -0.3 is 20.3 Å². The summed E-state index contributed by atoms with van der Waals surface area (Å²) in [4.78, 5) is 37.4. The van der Waals surface area contributed by atoms with Gasteiger partial charge in [0.1, 0.15) is 0 Å². The van der Waals surface area contributed by atoms with Crippen molar-refractivity contribution in [3.63, 3.8) is 0 Å². The maximum atomic E-state index is 12.1. The van der Waals surface area contributed by atoms with Gasteiger partial charge in [0.05, 0.1) is 5.56 Å². The van der Waals surface area contributed by atoms with Crippen molar-refractivity contribution in [1.82, 2.24) is 15.5 Å². The van der Waals surface area contributed by atoms with Gasteiger partial charge in [-0.1, -0.05) is 12.1 Å². The van der Waals surface area contributed by atoms with Gasteiger partial charge in [0.25, 0.3) is 5.91 Å². The summed E-state index contributed by atoms with van der Waals surface area (Å²) in [7, 11) is 0. The SMILES string of the molecule is CC(C)NC(=O)NCc1ccc(C(=O)OCC(=O)N2CCCCC2)cc1. The molecule has 1 aromatic carbocycles. The van der Waals surface area contributed by atoms with Gasteiger partial charge in [-0.2, -0.15) is 0 Å². The van der Waals surface area contributed by atoms with Gasteiger partial charge in [-0.25, -0.2) is 9.59 Å². The number of piperidine rings is 1. The molecule has 2 rings (SSSR count). The van der Waals surface area contributed by atoms with Crippen molar-refractivity contribution < 1.29 is 19.1 Å². The van der Waals surface area contributed by atoms with Crippen molar-refractivity contribution in [2.75, 3.05) is 19.7 Å². The van der Waals surface area contributed by atoms with Crippen molar-refractivity contribution in [2.24, 2.45) is 0 Å². The number of esters is 1. The predicted octanol–water partition coefficient (Wildman–Crippen LogP) is 2.06. The van der Waals surface area contributed by atoms with Crippen LogP contribution in [0.15, 0.2) is 24.3 Å². The molecule has 1 aliphatic rings. The van der Waals surface area contributed by atoms with Crippen LogP contribution in [-0.2, 0) is 16.1 Å². The highest BCUT2D eigenvalue weighted by atomic mass is 16.5. The highest BCUT2D eigenvalue weighted by Gasteiger charge is 2.18. The van der Waals surface area contributed by atoms with Crippen LogP contribution in [0.3, 0.4) is 0 Å². The summed E-state index contributed by atoms with van der Waals surface area (Å²) in [5.74, 6) is -0.664. The van der Waals surface area contributed by atoms with Crippen LogP contribution in [0.5, 0.6) is 0 Å². The molecule has 1 aliphatic heterocycles. The summed E-state index contributed by atoms with van der Waals surface area (Å²) < 4.78 is 5.12. The third-order valence-corrected chi connectivity index (χ3v) is 4.10. The summed E-state index contributed by atoms with van der Waals surface area (Å²) >= 11 is 0. The molecule has 7 heteroatoms. The van der Waals surface area contributed by atoms with Gasteiger partial charge in [-0.3, -0.25) is 4.79 Å². The second-order valence-corrected chi connectivity index (χ2v) is 6.70. The molecule has 0 aliphatic carbocycles. The van der Waals surface area contributed by atoms with E-state index in [2.05, 4.69) is 10.6 Å². The lowest BCUT2D eigenvalue weighted by molar-refractivity contribution is -0.135. The average Bonchev–Trinajstić information content (AvgIpc) is 2.64. The zero-order valence-corrected chi connectivity index (χ0v) is 15.4. The molecule has 7 nitrogen and oxygen atoms in total. The molecule has 0 spiro atoms. The Bertz CT molecular complexity index is 622. The molecule has 26 heavy (non-hydrogen) atoms. The first-order valence-electron chi connectivity index (χ1n) is 9.04. The first-order chi connectivity index (χ1) is 12.5. The van der Waals surface area contributed by atoms with E-state index in [-0.39, 0.29) is 24.6 Å². The number of rotatable bonds is 6. The Labute approximate surface area is 154 Å². The molecule has 0 bridgehead atoms. The third kappa shape index (κ3) is 6.38. The molecule has 1 aromatic rings. The number of hydrogen-bond donors (Lipinski definition) is 2. The van der Waals surface area contributed by atoms with E-state index in [1.807, 2.05) is 13.8 Å². The molecule has 1 fully saturated rings. The fourth-order valence-electron chi connectivity index (χ4n) is 2.70. The number of nitrogens with zero attached hydrogens (tertiary/aromatic N) is 1. The Hall–Kier alpha value is -2.57. The first-order valence-corrected chi connectivity index (χ1v) is 9.04. The fraction of sp³-hybridized carbons (Fsp3) is 0.526. The minimum Gasteiger partial charge on any atom is -0.452 e. The van der Waals surface area contributed by atoms with Gasteiger partial charge in [0.2, 0.25) is 0 Å². The van der Waals surface area contributed by atoms with Crippen LogP contribution in [-0.4, -0.2) is 48.5 Å². The zero-order chi connectivity index (χ0) is 18.9. The Morgan fingerprint density at radius 2 is 1.73 bits per heavy atom. The summed E-state index contributed by atoms with van der Waals surface area (Å²) in [6.07, 6.45) is 3.15. The molecule has 142 valence electrons. The Kier molecular flexibility index (Phi) is 7.44. The van der Waals surface area contributed by atoms with Crippen molar-refractivity contribution >= 4 is 17.9 Å². The van der Waals surface area contributed by atoms with Crippen molar-refractivity contribution in [3.8, 4) is 0 Å². The van der Waals surface area contributed by atoms with Crippen LogP contribution in [0.4, 0.5) is 4.79 Å². The second-order valence-electron chi connectivity index (χ2n) is 6.70. The van der Waals surface area contributed by atoms with Crippen molar-refractivity contribution in [3.05, 3.63) is 35.4 Å². The van der Waals surface area contributed by atoms with Crippen molar-refractivity contribution in [1.29, 1.82) is 0 Å². The number of benzene rings is 1. The Morgan fingerprint density at radius 3 is 2.35 bits per heavy atom. The molecule has 1 saturated heterocycles. The second kappa shape index (κ2) is 9.79. The molecule has 3 amide bonds. The van der Waals surface area contributed by atoms with E-state index in [1.165, 1.54) is 0 Å². The minimum absolute atomic E-state index is 0.0693. The van der Waals surface area contributed by atoms with Gasteiger partial charge in [-0.15, -0.1) is 0 Å². The van der Waals surface area contributed by atoms with Crippen LogP contribution < -0.4 is 10.6 Å². The van der Waals surface area contributed by atoms with E-state index >= 15 is 0 Å². The summed E-state index contributed by atoms with van der Waals surface area (Å²) in [5.41, 5.74) is 1.25. The smallest absolute Gasteiger partial charge is 0.338 e. The van der Waals surface area contributed by atoms with Crippen molar-refractivity contribution in [2.45, 2.75) is 45.7 Å². The van der Waals surface area contributed by atoms with E-state index in [4.69, 9.17) is 4.74 Å². The lowest BCUT2D eigenvalue weighted by atomic mass is 10.1. The van der Waals surface area contributed by atoms with Gasteiger partial charge in [0, 0.05) is 25.7 Å². The van der Waals surface area contributed by atoms with E-state index in [9.17, 15) is 14.4 Å². The average molecular weight is 361 g/mol. The number of urea groups is 1. The quantitative estimate of drug-likeness (QED) is 0.759. The van der Waals surface area contributed by atoms with Gasteiger partial charge in [-0.05, 0) is 50.8 Å². The monoisotopic (exact) mass is 361 g/mol. The number of amides is 3. The number of nitrogens with one attached hydrogen (secondary N) is 2. The molecule has 0 saturated carbocycles. The van der Waals surface area contributed by atoms with Crippen LogP contribution in [0.1, 0.15) is 49.0 Å². The predicted molar refractivity (Wildman–Crippen MR) is 97.7 cm³/mol. The van der Waals surface area contributed by atoms with Crippen LogP contribution in [0, 0.1) is 0 Å². The Balaban J connectivity index is 1.77. The molecular weight excluding hydrogens is 334 g/mol. The standard InChI is InChI=1S/C19H27N3O4/c1-14(2)21-19(25)20-12-15-6-8-16(9-7-15)18(24)26-13-17(23)22-10-4-3-5-11-22/h6-9,14H,3-5,10-13H2,1-2H3,(H2,20,21,25). The minimum atomic E-state index is -0.521. The number of carbonyl (C=O) groups is 3. The van der Waals surface area contributed by atoms with E-state index in [1.54, 1.807) is 29.2 Å².